The van der Waals surface area contributed by atoms with Gasteiger partial charge < -0.3 is 25.0 Å². The molecule has 0 saturated carbocycles. The van der Waals surface area contributed by atoms with Gasteiger partial charge in [-0.25, -0.2) is 4.98 Å². The van der Waals surface area contributed by atoms with Gasteiger partial charge in [-0.3, -0.25) is 14.3 Å². The van der Waals surface area contributed by atoms with E-state index < -0.39 is 41.6 Å². The van der Waals surface area contributed by atoms with Crippen molar-refractivity contribution in [3.8, 4) is 5.75 Å². The zero-order valence-corrected chi connectivity index (χ0v) is 23.5. The summed E-state index contributed by atoms with van der Waals surface area (Å²) in [6, 6.07) is 26.3. The zero-order chi connectivity index (χ0) is 31.1. The summed E-state index contributed by atoms with van der Waals surface area (Å²) in [5.74, 6) is -3.31. The minimum Gasteiger partial charge on any atom is -0.497 e. The first-order valence-corrected chi connectivity index (χ1v) is 13.7. The first-order valence-electron chi connectivity index (χ1n) is 13.7. The second kappa shape index (κ2) is 11.0. The molecule has 0 spiro atoms. The van der Waals surface area contributed by atoms with Crippen LogP contribution in [0.1, 0.15) is 22.9 Å². The number of nitrogens with one attached hydrogen (secondary N) is 2. The number of alkyl halides is 2. The molecule has 3 aromatic carbocycles. The normalized spacial score (nSPS) is 21.3. The summed E-state index contributed by atoms with van der Waals surface area (Å²) >= 11 is 0. The van der Waals surface area contributed by atoms with E-state index in [4.69, 9.17) is 9.47 Å². The van der Waals surface area contributed by atoms with Gasteiger partial charge in [0.15, 0.2) is 17.3 Å². The summed E-state index contributed by atoms with van der Waals surface area (Å²) < 4.78 is 42.6. The number of anilines is 1. The summed E-state index contributed by atoms with van der Waals surface area (Å²) in [5.41, 5.74) is -2.08. The number of methoxy groups -OCH3 is 1. The van der Waals surface area contributed by atoms with E-state index in [-0.39, 0.29) is 17.1 Å². The Morgan fingerprint density at radius 3 is 2.18 bits per heavy atom. The minimum atomic E-state index is -3.90. The maximum absolute atomic E-state index is 15.4. The monoisotopic (exact) mass is 601 g/mol. The Morgan fingerprint density at radius 2 is 1.66 bits per heavy atom. The van der Waals surface area contributed by atoms with Crippen molar-refractivity contribution in [1.82, 2.24) is 19.5 Å². The van der Waals surface area contributed by atoms with E-state index in [1.54, 1.807) is 7.11 Å². The van der Waals surface area contributed by atoms with Crippen molar-refractivity contribution in [2.75, 3.05) is 19.0 Å². The molecule has 0 unspecified atom stereocenters. The van der Waals surface area contributed by atoms with Crippen LogP contribution in [0.15, 0.2) is 109 Å². The van der Waals surface area contributed by atoms with Gasteiger partial charge >= 0.3 is 5.92 Å². The number of imidazole rings is 1. The number of fused-ring (bicyclic) bond motifs is 1. The van der Waals surface area contributed by atoms with Crippen LogP contribution in [-0.4, -0.2) is 61.1 Å². The summed E-state index contributed by atoms with van der Waals surface area (Å²) in [6.07, 6.45) is -2.65. The van der Waals surface area contributed by atoms with Crippen molar-refractivity contribution in [2.45, 2.75) is 29.4 Å². The lowest BCUT2D eigenvalue weighted by molar-refractivity contribution is -0.139. The van der Waals surface area contributed by atoms with Crippen LogP contribution in [0.5, 0.6) is 5.75 Å². The number of hydrogen-bond donors (Lipinski definition) is 4. The van der Waals surface area contributed by atoms with Crippen molar-refractivity contribution in [2.24, 2.45) is 0 Å². The lowest BCUT2D eigenvalue weighted by atomic mass is 9.77. The van der Waals surface area contributed by atoms with Gasteiger partial charge in [0.2, 0.25) is 12.2 Å². The number of H-pyrrole nitrogens is 1. The van der Waals surface area contributed by atoms with E-state index >= 15 is 8.78 Å². The maximum Gasteiger partial charge on any atom is 0.320 e. The molecule has 0 amide bonds. The number of rotatable bonds is 9. The molecular weight excluding hydrogens is 572 g/mol. The number of aromatic nitrogens is 4. The van der Waals surface area contributed by atoms with Gasteiger partial charge in [-0.1, -0.05) is 78.9 Å². The van der Waals surface area contributed by atoms with Crippen LogP contribution in [0.3, 0.4) is 0 Å². The number of halogens is 2. The zero-order valence-electron chi connectivity index (χ0n) is 23.5. The molecule has 12 heteroatoms. The third-order valence-corrected chi connectivity index (χ3v) is 8.01. The quantitative estimate of drug-likeness (QED) is 0.147. The largest absolute Gasteiger partial charge is 0.497 e. The van der Waals surface area contributed by atoms with Gasteiger partial charge in [0.25, 0.3) is 5.56 Å². The Hall–Kier alpha value is -4.91. The third kappa shape index (κ3) is 4.46. The van der Waals surface area contributed by atoms with E-state index in [0.717, 1.165) is 33.7 Å². The number of aromatic amines is 1. The van der Waals surface area contributed by atoms with Crippen molar-refractivity contribution in [3.63, 3.8) is 0 Å². The molecule has 10 nitrogen and oxygen atoms in total. The summed E-state index contributed by atoms with van der Waals surface area (Å²) in [5, 5.41) is 23.7. The standard InChI is InChI=1S/C32H29F2N5O5/c1-3-30(18-40)27(42)32(33,34)28(44-30)39-19-35-24-25(39)36-29(37-26(24)41)38-31(20-10-6-4-7-11-20,21-12-8-5-9-13-21)22-14-16-23(43-2)17-15-22/h3-17,19,27-28,40,42H,1,18H2,2H3,(H2,36,37,38,41)/t27-,28-,30-/m1/s1. The molecule has 4 N–H and O–H groups in total. The summed E-state index contributed by atoms with van der Waals surface area (Å²) in [6.45, 7) is 2.51. The van der Waals surface area contributed by atoms with Crippen molar-refractivity contribution >= 4 is 17.1 Å². The highest BCUT2D eigenvalue weighted by atomic mass is 19.3. The molecule has 0 radical (unpaired) electrons. The molecule has 0 bridgehead atoms. The minimum absolute atomic E-state index is 0.0493. The van der Waals surface area contributed by atoms with Gasteiger partial charge in [-0.2, -0.15) is 13.8 Å². The summed E-state index contributed by atoms with van der Waals surface area (Å²) in [7, 11) is 1.57. The lowest BCUT2D eigenvalue weighted by Crippen LogP contribution is -2.47. The molecule has 2 aromatic heterocycles. The molecule has 3 atom stereocenters. The van der Waals surface area contributed by atoms with Crippen LogP contribution >= 0.6 is 0 Å². The van der Waals surface area contributed by atoms with Crippen LogP contribution < -0.4 is 15.6 Å². The van der Waals surface area contributed by atoms with Crippen LogP contribution in [0.25, 0.3) is 11.2 Å². The number of aliphatic hydroxyl groups excluding tert-OH is 2. The van der Waals surface area contributed by atoms with E-state index in [2.05, 4.69) is 26.8 Å². The topological polar surface area (TPSA) is 135 Å². The van der Waals surface area contributed by atoms with Gasteiger partial charge in [-0.05, 0) is 28.8 Å². The summed E-state index contributed by atoms with van der Waals surface area (Å²) in [4.78, 5) is 24.6. The Bertz CT molecular complexity index is 1810. The van der Waals surface area contributed by atoms with Crippen LogP contribution in [0, 0.1) is 0 Å². The number of benzene rings is 3. The van der Waals surface area contributed by atoms with Gasteiger partial charge in [0.05, 0.1) is 20.0 Å². The molecule has 226 valence electrons. The van der Waals surface area contributed by atoms with E-state index in [0.29, 0.717) is 5.75 Å². The highest BCUT2D eigenvalue weighted by Crippen LogP contribution is 2.49. The lowest BCUT2D eigenvalue weighted by Gasteiger charge is -2.37. The Labute approximate surface area is 250 Å². The third-order valence-electron chi connectivity index (χ3n) is 8.01. The van der Waals surface area contributed by atoms with Gasteiger partial charge in [-0.15, -0.1) is 6.58 Å². The SMILES string of the molecule is C=C[C@]1(CO)O[C@@H](n2cnc3c(=O)[nH]c(NC(c4ccccc4)(c4ccccc4)c4ccc(OC)cc4)nc32)C(F)(F)[C@@H]1O. The molecule has 1 saturated heterocycles. The Kier molecular flexibility index (Phi) is 7.28. The van der Waals surface area contributed by atoms with Gasteiger partial charge in [0.1, 0.15) is 16.9 Å². The molecule has 1 fully saturated rings. The number of nitrogens with zero attached hydrogens (tertiary/aromatic N) is 3. The highest BCUT2D eigenvalue weighted by Gasteiger charge is 2.66. The molecule has 0 aliphatic carbocycles. The van der Waals surface area contributed by atoms with E-state index in [9.17, 15) is 15.0 Å². The fourth-order valence-electron chi connectivity index (χ4n) is 5.67. The molecule has 44 heavy (non-hydrogen) atoms. The van der Waals surface area contributed by atoms with Crippen LogP contribution in [-0.2, 0) is 10.3 Å². The fraction of sp³-hybridized carbons (Fsp3) is 0.219. The Morgan fingerprint density at radius 1 is 1.07 bits per heavy atom. The predicted octanol–water partition coefficient (Wildman–Crippen LogP) is 3.97. The molecule has 1 aliphatic heterocycles. The second-order valence-electron chi connectivity index (χ2n) is 10.4. The van der Waals surface area contributed by atoms with Crippen molar-refractivity contribution in [1.29, 1.82) is 0 Å². The van der Waals surface area contributed by atoms with E-state index in [1.807, 2.05) is 84.9 Å². The Balaban J connectivity index is 1.55. The average molecular weight is 602 g/mol. The molecule has 1 aliphatic rings. The number of ether oxygens (including phenoxy) is 2. The van der Waals surface area contributed by atoms with Crippen LogP contribution in [0.2, 0.25) is 0 Å². The fourth-order valence-corrected chi connectivity index (χ4v) is 5.67. The van der Waals surface area contributed by atoms with Crippen molar-refractivity contribution in [3.05, 3.63) is 131 Å². The molecule has 5 aromatic rings. The first-order chi connectivity index (χ1) is 21.2. The molecule has 3 heterocycles. The second-order valence-corrected chi connectivity index (χ2v) is 10.4. The molecular formula is C32H29F2N5O5. The van der Waals surface area contributed by atoms with Gasteiger partial charge in [0, 0.05) is 0 Å². The highest BCUT2D eigenvalue weighted by molar-refractivity contribution is 5.72. The smallest absolute Gasteiger partial charge is 0.320 e. The first kappa shape index (κ1) is 29.2. The maximum atomic E-state index is 15.4. The van der Waals surface area contributed by atoms with E-state index in [1.165, 1.54) is 0 Å². The number of hydrogen-bond acceptors (Lipinski definition) is 8. The molecule has 6 rings (SSSR count). The van der Waals surface area contributed by atoms with Crippen LogP contribution in [0.4, 0.5) is 14.7 Å². The van der Waals surface area contributed by atoms with Crippen molar-refractivity contribution < 1.29 is 28.5 Å². The average Bonchev–Trinajstić information content (AvgIpc) is 3.57. The predicted molar refractivity (Wildman–Crippen MR) is 159 cm³/mol. The number of aliphatic hydroxyl groups is 2.